The Labute approximate surface area is 107 Å². The first-order valence-electron chi connectivity index (χ1n) is 5.76. The van der Waals surface area contributed by atoms with Crippen LogP contribution in [0.15, 0.2) is 23.2 Å². The molecule has 2 atom stereocenters. The number of ether oxygens (including phenoxy) is 1. The largest absolute Gasteiger partial charge is 0.384 e. The molecule has 0 aromatic carbocycles. The van der Waals surface area contributed by atoms with E-state index in [-0.39, 0.29) is 22.9 Å². The van der Waals surface area contributed by atoms with Gasteiger partial charge in [0.2, 0.25) is 10.0 Å². The van der Waals surface area contributed by atoms with E-state index in [4.69, 9.17) is 10.5 Å². The Bertz CT molecular complexity index is 522. The zero-order valence-corrected chi connectivity index (χ0v) is 11.2. The number of pyridine rings is 1. The molecule has 1 aromatic rings. The molecule has 2 heterocycles. The zero-order valence-electron chi connectivity index (χ0n) is 10.4. The van der Waals surface area contributed by atoms with Crippen LogP contribution in [0.2, 0.25) is 0 Å². The number of anilines is 1. The summed E-state index contributed by atoms with van der Waals surface area (Å²) in [7, 11) is -3.52. The van der Waals surface area contributed by atoms with Crippen molar-refractivity contribution < 1.29 is 13.2 Å². The van der Waals surface area contributed by atoms with Gasteiger partial charge >= 0.3 is 0 Å². The number of rotatable bonds is 2. The maximum absolute atomic E-state index is 12.4. The number of nitrogen functional groups attached to an aromatic ring is 1. The topological polar surface area (TPSA) is 85.5 Å². The van der Waals surface area contributed by atoms with Crippen molar-refractivity contribution in [3.05, 3.63) is 18.3 Å². The molecule has 18 heavy (non-hydrogen) atoms. The highest BCUT2D eigenvalue weighted by Gasteiger charge is 2.32. The lowest BCUT2D eigenvalue weighted by molar-refractivity contribution is -0.0440. The van der Waals surface area contributed by atoms with Crippen LogP contribution < -0.4 is 5.73 Å². The van der Waals surface area contributed by atoms with E-state index in [2.05, 4.69) is 4.98 Å². The van der Waals surface area contributed by atoms with E-state index in [1.807, 2.05) is 13.8 Å². The van der Waals surface area contributed by atoms with Crippen molar-refractivity contribution >= 4 is 15.8 Å². The standard InChI is InChI=1S/C11H17N3O3S/c1-8-6-14(7-9(2)17-8)18(15,16)10-3-4-13-11(12)5-10/h3-5,8-9H,6-7H2,1-2H3,(H2,12,13)/t8-,9+. The highest BCUT2D eigenvalue weighted by Crippen LogP contribution is 2.21. The molecule has 6 nitrogen and oxygen atoms in total. The fourth-order valence-corrected chi connectivity index (χ4v) is 3.68. The summed E-state index contributed by atoms with van der Waals surface area (Å²) in [4.78, 5) is 3.98. The average Bonchev–Trinajstić information content (AvgIpc) is 2.27. The molecule has 2 rings (SSSR count). The fraction of sp³-hybridized carbons (Fsp3) is 0.545. The van der Waals surface area contributed by atoms with Gasteiger partial charge in [-0.25, -0.2) is 13.4 Å². The van der Waals surface area contributed by atoms with Gasteiger partial charge in [-0.05, 0) is 19.9 Å². The Morgan fingerprint density at radius 2 is 2.00 bits per heavy atom. The molecule has 1 fully saturated rings. The molecule has 0 amide bonds. The highest BCUT2D eigenvalue weighted by atomic mass is 32.2. The minimum Gasteiger partial charge on any atom is -0.384 e. The van der Waals surface area contributed by atoms with E-state index >= 15 is 0 Å². The molecule has 0 spiro atoms. The van der Waals surface area contributed by atoms with Crippen molar-refractivity contribution in [3.8, 4) is 0 Å². The van der Waals surface area contributed by atoms with Crippen molar-refractivity contribution in [1.29, 1.82) is 0 Å². The summed E-state index contributed by atoms with van der Waals surface area (Å²) in [6.45, 7) is 4.43. The quantitative estimate of drug-likeness (QED) is 0.844. The molecule has 100 valence electrons. The third-order valence-corrected chi connectivity index (χ3v) is 4.60. The minimum atomic E-state index is -3.52. The second kappa shape index (κ2) is 4.83. The van der Waals surface area contributed by atoms with E-state index in [0.717, 1.165) is 0 Å². The van der Waals surface area contributed by atoms with Crippen LogP contribution in [0.1, 0.15) is 13.8 Å². The number of morpholine rings is 1. The number of sulfonamides is 1. The van der Waals surface area contributed by atoms with Crippen LogP contribution >= 0.6 is 0 Å². The SMILES string of the molecule is C[C@@H]1CN(S(=O)(=O)c2ccnc(N)c2)C[C@H](C)O1. The molecular formula is C11H17N3O3S. The normalized spacial score (nSPS) is 26.1. The lowest BCUT2D eigenvalue weighted by Crippen LogP contribution is -2.48. The van der Waals surface area contributed by atoms with Gasteiger partial charge in [0.15, 0.2) is 0 Å². The summed E-state index contributed by atoms with van der Waals surface area (Å²) in [5.74, 6) is 0.199. The second-order valence-corrected chi connectivity index (χ2v) is 6.43. The molecular weight excluding hydrogens is 254 g/mol. The first-order chi connectivity index (χ1) is 8.39. The van der Waals surface area contributed by atoms with Crippen LogP contribution in [-0.2, 0) is 14.8 Å². The number of aromatic nitrogens is 1. The van der Waals surface area contributed by atoms with E-state index in [1.54, 1.807) is 0 Å². The summed E-state index contributed by atoms with van der Waals surface area (Å²) in [5.41, 5.74) is 5.52. The Kier molecular flexibility index (Phi) is 3.56. The molecule has 1 saturated heterocycles. The van der Waals surface area contributed by atoms with Crippen LogP contribution in [0.5, 0.6) is 0 Å². The predicted molar refractivity (Wildman–Crippen MR) is 67.4 cm³/mol. The Balaban J connectivity index is 2.31. The van der Waals surface area contributed by atoms with Crippen molar-refractivity contribution in [3.63, 3.8) is 0 Å². The van der Waals surface area contributed by atoms with Crippen LogP contribution in [0.25, 0.3) is 0 Å². The molecule has 1 aliphatic heterocycles. The van der Waals surface area contributed by atoms with Crippen molar-refractivity contribution in [2.24, 2.45) is 0 Å². The maximum atomic E-state index is 12.4. The molecule has 0 aliphatic carbocycles. The van der Waals surface area contributed by atoms with Gasteiger partial charge in [-0.15, -0.1) is 0 Å². The maximum Gasteiger partial charge on any atom is 0.243 e. The summed E-state index contributed by atoms with van der Waals surface area (Å²) in [6, 6.07) is 2.83. The van der Waals surface area contributed by atoms with Crippen molar-refractivity contribution in [1.82, 2.24) is 9.29 Å². The van der Waals surface area contributed by atoms with Gasteiger partial charge < -0.3 is 10.5 Å². The lowest BCUT2D eigenvalue weighted by atomic mass is 10.3. The first kappa shape index (κ1) is 13.3. The van der Waals surface area contributed by atoms with Crippen molar-refractivity contribution in [2.75, 3.05) is 18.8 Å². The number of nitrogens with zero attached hydrogens (tertiary/aromatic N) is 2. The molecule has 7 heteroatoms. The van der Waals surface area contributed by atoms with E-state index in [1.165, 1.54) is 22.6 Å². The second-order valence-electron chi connectivity index (χ2n) is 4.50. The molecule has 1 aliphatic rings. The van der Waals surface area contributed by atoms with E-state index < -0.39 is 10.0 Å². The van der Waals surface area contributed by atoms with Gasteiger partial charge in [0, 0.05) is 25.4 Å². The Hall–Kier alpha value is -1.18. The number of nitrogens with two attached hydrogens (primary N) is 1. The fourth-order valence-electron chi connectivity index (χ4n) is 2.06. The third-order valence-electron chi connectivity index (χ3n) is 2.78. The molecule has 0 saturated carbocycles. The summed E-state index contributed by atoms with van der Waals surface area (Å²) in [5, 5.41) is 0. The number of hydrogen-bond donors (Lipinski definition) is 1. The monoisotopic (exact) mass is 271 g/mol. The summed E-state index contributed by atoms with van der Waals surface area (Å²) < 4.78 is 31.8. The Morgan fingerprint density at radius 1 is 1.39 bits per heavy atom. The molecule has 0 radical (unpaired) electrons. The van der Waals surface area contributed by atoms with Crippen molar-refractivity contribution in [2.45, 2.75) is 31.0 Å². The van der Waals surface area contributed by atoms with Crippen LogP contribution in [0.3, 0.4) is 0 Å². The van der Waals surface area contributed by atoms with E-state index in [0.29, 0.717) is 13.1 Å². The molecule has 1 aromatic heterocycles. The lowest BCUT2D eigenvalue weighted by Gasteiger charge is -2.34. The first-order valence-corrected chi connectivity index (χ1v) is 7.20. The molecule has 0 bridgehead atoms. The highest BCUT2D eigenvalue weighted by molar-refractivity contribution is 7.89. The molecule has 2 N–H and O–H groups in total. The van der Waals surface area contributed by atoms with Gasteiger partial charge in [-0.1, -0.05) is 0 Å². The van der Waals surface area contributed by atoms with Gasteiger partial charge in [-0.3, -0.25) is 0 Å². The van der Waals surface area contributed by atoms with Crippen LogP contribution in [-0.4, -0.2) is 43.0 Å². The zero-order chi connectivity index (χ0) is 13.3. The summed E-state index contributed by atoms with van der Waals surface area (Å²) in [6.07, 6.45) is 1.18. The van der Waals surface area contributed by atoms with Gasteiger partial charge in [0.05, 0.1) is 17.1 Å². The third kappa shape index (κ3) is 2.63. The van der Waals surface area contributed by atoms with Gasteiger partial charge in [0.25, 0.3) is 0 Å². The predicted octanol–water partition coefficient (Wildman–Crippen LogP) is 0.462. The smallest absolute Gasteiger partial charge is 0.243 e. The van der Waals surface area contributed by atoms with Crippen LogP contribution in [0, 0.1) is 0 Å². The Morgan fingerprint density at radius 3 is 2.56 bits per heavy atom. The van der Waals surface area contributed by atoms with Gasteiger partial charge in [0.1, 0.15) is 5.82 Å². The van der Waals surface area contributed by atoms with E-state index in [9.17, 15) is 8.42 Å². The average molecular weight is 271 g/mol. The minimum absolute atomic E-state index is 0.109. The summed E-state index contributed by atoms with van der Waals surface area (Å²) >= 11 is 0. The number of hydrogen-bond acceptors (Lipinski definition) is 5. The van der Waals surface area contributed by atoms with Crippen LogP contribution in [0.4, 0.5) is 5.82 Å². The molecule has 0 unspecified atom stereocenters. The van der Waals surface area contributed by atoms with Gasteiger partial charge in [-0.2, -0.15) is 4.31 Å².